The van der Waals surface area contributed by atoms with Gasteiger partial charge in [-0.25, -0.2) is 8.42 Å². The summed E-state index contributed by atoms with van der Waals surface area (Å²) in [5.74, 6) is 1.67. The highest BCUT2D eigenvalue weighted by Crippen LogP contribution is 2.38. The summed E-state index contributed by atoms with van der Waals surface area (Å²) in [7, 11) is -2.47. The highest BCUT2D eigenvalue weighted by atomic mass is 32.2. The van der Waals surface area contributed by atoms with Crippen LogP contribution in [0.1, 0.15) is 20.3 Å². The van der Waals surface area contributed by atoms with Crippen molar-refractivity contribution in [1.29, 1.82) is 0 Å². The minimum absolute atomic E-state index is 0.0207. The Labute approximate surface area is 181 Å². The van der Waals surface area contributed by atoms with Crippen molar-refractivity contribution in [2.75, 3.05) is 25.6 Å². The van der Waals surface area contributed by atoms with E-state index in [-0.39, 0.29) is 27.7 Å². The molecule has 8 nitrogen and oxygen atoms in total. The number of oxazole rings is 1. The van der Waals surface area contributed by atoms with Crippen molar-refractivity contribution in [2.45, 2.75) is 36.2 Å². The molecule has 0 bridgehead atoms. The van der Waals surface area contributed by atoms with Crippen LogP contribution in [0.25, 0.3) is 11.5 Å². The van der Waals surface area contributed by atoms with Gasteiger partial charge in [-0.15, -0.1) is 0 Å². The number of nitrogens with zero attached hydrogens (tertiary/aromatic N) is 1. The summed E-state index contributed by atoms with van der Waals surface area (Å²) in [6.45, 7) is 4.71. The molecule has 1 aromatic heterocycles. The second-order valence-corrected chi connectivity index (χ2v) is 8.98. The molecule has 0 aliphatic carbocycles. The van der Waals surface area contributed by atoms with Crippen LogP contribution in [0, 0.1) is 0 Å². The van der Waals surface area contributed by atoms with Gasteiger partial charge >= 0.3 is 0 Å². The summed E-state index contributed by atoms with van der Waals surface area (Å²) in [6.07, 6.45) is 0.772. The van der Waals surface area contributed by atoms with Crippen molar-refractivity contribution in [3.8, 4) is 28.7 Å². The molecule has 0 spiro atoms. The first kappa shape index (κ1) is 21.0. The fourth-order valence-electron chi connectivity index (χ4n) is 3.14. The number of rotatable bonds is 7. The van der Waals surface area contributed by atoms with Crippen LogP contribution in [-0.2, 0) is 9.84 Å². The van der Waals surface area contributed by atoms with Gasteiger partial charge in [0.25, 0.3) is 0 Å². The van der Waals surface area contributed by atoms with Crippen molar-refractivity contribution >= 4 is 15.7 Å². The van der Waals surface area contributed by atoms with Crippen LogP contribution >= 0.6 is 0 Å². The zero-order valence-electron chi connectivity index (χ0n) is 17.5. The van der Waals surface area contributed by atoms with Crippen LogP contribution in [0.5, 0.6) is 17.2 Å². The van der Waals surface area contributed by atoms with E-state index >= 15 is 0 Å². The molecule has 0 fully saturated rings. The predicted octanol–water partition coefficient (Wildman–Crippen LogP) is 4.16. The Hall–Kier alpha value is -3.20. The van der Waals surface area contributed by atoms with Gasteiger partial charge < -0.3 is 23.9 Å². The standard InChI is InChI=1S/C22H24N2O6S/c1-4-14(2)23-21-22(24-20(30-21)16-7-5-6-8-17(16)27-3)31(25,26)15-9-10-18-19(13-15)29-12-11-28-18/h5-10,13-14,23H,4,11-12H2,1-3H3. The number of nitrogens with one attached hydrogen (secondary N) is 1. The Kier molecular flexibility index (Phi) is 5.77. The summed E-state index contributed by atoms with van der Waals surface area (Å²) in [6, 6.07) is 11.6. The zero-order valence-corrected chi connectivity index (χ0v) is 18.4. The lowest BCUT2D eigenvalue weighted by atomic mass is 10.2. The molecule has 0 saturated carbocycles. The van der Waals surface area contributed by atoms with Gasteiger partial charge in [0.1, 0.15) is 19.0 Å². The zero-order chi connectivity index (χ0) is 22.0. The second kappa shape index (κ2) is 8.50. The Morgan fingerprint density at radius 2 is 1.87 bits per heavy atom. The lowest BCUT2D eigenvalue weighted by Crippen LogP contribution is -2.17. The number of aromatic nitrogens is 1. The molecule has 1 N–H and O–H groups in total. The van der Waals surface area contributed by atoms with Crippen LogP contribution in [0.15, 0.2) is 56.8 Å². The Morgan fingerprint density at radius 1 is 1.13 bits per heavy atom. The molecule has 164 valence electrons. The Morgan fingerprint density at radius 3 is 2.61 bits per heavy atom. The second-order valence-electron chi connectivity index (χ2n) is 7.12. The third-order valence-electron chi connectivity index (χ3n) is 5.00. The molecule has 0 amide bonds. The molecule has 31 heavy (non-hydrogen) atoms. The predicted molar refractivity (Wildman–Crippen MR) is 115 cm³/mol. The Balaban J connectivity index is 1.83. The third-order valence-corrected chi connectivity index (χ3v) is 6.66. The maximum Gasteiger partial charge on any atom is 0.234 e. The summed E-state index contributed by atoms with van der Waals surface area (Å²) >= 11 is 0. The van der Waals surface area contributed by atoms with Crippen LogP contribution < -0.4 is 19.5 Å². The number of sulfone groups is 1. The van der Waals surface area contributed by atoms with Gasteiger partial charge in [0, 0.05) is 12.1 Å². The Bertz CT molecular complexity index is 1190. The average Bonchev–Trinajstić information content (AvgIpc) is 3.22. The van der Waals surface area contributed by atoms with E-state index in [1.165, 1.54) is 19.2 Å². The smallest absolute Gasteiger partial charge is 0.234 e. The molecule has 3 aromatic rings. The largest absolute Gasteiger partial charge is 0.496 e. The van der Waals surface area contributed by atoms with Gasteiger partial charge in [-0.1, -0.05) is 19.1 Å². The molecule has 1 aliphatic rings. The third kappa shape index (κ3) is 4.05. The number of anilines is 1. The van der Waals surface area contributed by atoms with E-state index in [2.05, 4.69) is 10.3 Å². The van der Waals surface area contributed by atoms with E-state index in [0.717, 1.165) is 6.42 Å². The number of ether oxygens (including phenoxy) is 3. The summed E-state index contributed by atoms with van der Waals surface area (Å²) in [5, 5.41) is 2.93. The van der Waals surface area contributed by atoms with Crippen LogP contribution in [0.4, 0.5) is 5.88 Å². The molecule has 0 radical (unpaired) electrons. The van der Waals surface area contributed by atoms with Gasteiger partial charge in [0.15, 0.2) is 11.5 Å². The van der Waals surface area contributed by atoms with E-state index in [1.54, 1.807) is 24.3 Å². The summed E-state index contributed by atoms with van der Waals surface area (Å²) < 4.78 is 49.4. The number of hydrogen-bond acceptors (Lipinski definition) is 8. The minimum Gasteiger partial charge on any atom is -0.496 e. The highest BCUT2D eigenvalue weighted by Gasteiger charge is 2.31. The van der Waals surface area contributed by atoms with E-state index in [9.17, 15) is 8.42 Å². The van der Waals surface area contributed by atoms with Crippen LogP contribution in [0.3, 0.4) is 0 Å². The number of hydrogen-bond donors (Lipinski definition) is 1. The van der Waals surface area contributed by atoms with Crippen LogP contribution in [-0.4, -0.2) is 39.8 Å². The number of methoxy groups -OCH3 is 1. The van der Waals surface area contributed by atoms with Crippen molar-refractivity contribution in [1.82, 2.24) is 4.98 Å². The van der Waals surface area contributed by atoms with Gasteiger partial charge in [-0.3, -0.25) is 0 Å². The van der Waals surface area contributed by atoms with Crippen molar-refractivity contribution in [2.24, 2.45) is 0 Å². The first-order chi connectivity index (χ1) is 14.9. The highest BCUT2D eigenvalue weighted by molar-refractivity contribution is 7.91. The molecular weight excluding hydrogens is 420 g/mol. The molecule has 2 heterocycles. The van der Waals surface area contributed by atoms with E-state index in [0.29, 0.717) is 36.0 Å². The molecule has 1 unspecified atom stereocenters. The SMILES string of the molecule is CCC(C)Nc1oc(-c2ccccc2OC)nc1S(=O)(=O)c1ccc2c(c1)OCCO2. The molecule has 1 aliphatic heterocycles. The molecule has 4 rings (SSSR count). The van der Waals surface area contributed by atoms with E-state index in [4.69, 9.17) is 18.6 Å². The first-order valence-electron chi connectivity index (χ1n) is 9.99. The number of benzene rings is 2. The lowest BCUT2D eigenvalue weighted by molar-refractivity contribution is 0.171. The summed E-state index contributed by atoms with van der Waals surface area (Å²) in [4.78, 5) is 4.41. The van der Waals surface area contributed by atoms with Gasteiger partial charge in [0.05, 0.1) is 17.6 Å². The van der Waals surface area contributed by atoms with Crippen LogP contribution in [0.2, 0.25) is 0 Å². The minimum atomic E-state index is -4.01. The first-order valence-corrected chi connectivity index (χ1v) is 11.5. The van der Waals surface area contributed by atoms with Crippen molar-refractivity contribution < 1.29 is 27.0 Å². The monoisotopic (exact) mass is 444 g/mol. The lowest BCUT2D eigenvalue weighted by Gasteiger charge is -2.18. The van der Waals surface area contributed by atoms with E-state index in [1.807, 2.05) is 19.9 Å². The fourth-order valence-corrected chi connectivity index (χ4v) is 4.42. The normalized spacial score (nSPS) is 14.2. The van der Waals surface area contributed by atoms with Gasteiger partial charge in [-0.05, 0) is 37.6 Å². The maximum atomic E-state index is 13.5. The van der Waals surface area contributed by atoms with E-state index < -0.39 is 9.84 Å². The average molecular weight is 445 g/mol. The molecular formula is C22H24N2O6S. The topological polar surface area (TPSA) is 99.9 Å². The quantitative estimate of drug-likeness (QED) is 0.580. The fraction of sp³-hybridized carbons (Fsp3) is 0.318. The van der Waals surface area contributed by atoms with Gasteiger partial charge in [-0.2, -0.15) is 4.98 Å². The maximum absolute atomic E-state index is 13.5. The van der Waals surface area contributed by atoms with Gasteiger partial charge in [0.2, 0.25) is 26.6 Å². The van der Waals surface area contributed by atoms with Crippen molar-refractivity contribution in [3.63, 3.8) is 0 Å². The summed E-state index contributed by atoms with van der Waals surface area (Å²) in [5.41, 5.74) is 0.556. The molecule has 2 aromatic carbocycles. The number of para-hydroxylation sites is 1. The molecule has 0 saturated heterocycles. The van der Waals surface area contributed by atoms with Crippen molar-refractivity contribution in [3.05, 3.63) is 42.5 Å². The number of fused-ring (bicyclic) bond motifs is 1. The molecule has 1 atom stereocenters. The molecule has 9 heteroatoms.